The third kappa shape index (κ3) is 3.73. The summed E-state index contributed by atoms with van der Waals surface area (Å²) in [4.78, 5) is 25.5. The molecular weight excluding hydrogens is 230 g/mol. The van der Waals surface area contributed by atoms with Crippen molar-refractivity contribution in [1.82, 2.24) is 10.2 Å². The van der Waals surface area contributed by atoms with Crippen molar-refractivity contribution in [3.8, 4) is 6.07 Å². The summed E-state index contributed by atoms with van der Waals surface area (Å²) >= 11 is 0. The van der Waals surface area contributed by atoms with Crippen LogP contribution in [0.4, 0.5) is 0 Å². The summed E-state index contributed by atoms with van der Waals surface area (Å²) in [6.45, 7) is 7.02. The summed E-state index contributed by atoms with van der Waals surface area (Å²) in [7, 11) is 0. The van der Waals surface area contributed by atoms with E-state index in [2.05, 4.69) is 5.32 Å². The van der Waals surface area contributed by atoms with Gasteiger partial charge < -0.3 is 10.2 Å². The van der Waals surface area contributed by atoms with Crippen LogP contribution in [0.5, 0.6) is 0 Å². The van der Waals surface area contributed by atoms with E-state index in [0.29, 0.717) is 25.9 Å². The van der Waals surface area contributed by atoms with Gasteiger partial charge in [-0.1, -0.05) is 20.8 Å². The summed E-state index contributed by atoms with van der Waals surface area (Å²) in [6, 6.07) is 1.89. The first-order valence-electron chi connectivity index (χ1n) is 6.30. The molecule has 0 aromatic carbocycles. The molecule has 1 aliphatic heterocycles. The number of hydrogen-bond acceptors (Lipinski definition) is 3. The van der Waals surface area contributed by atoms with Gasteiger partial charge in [0.25, 0.3) is 0 Å². The van der Waals surface area contributed by atoms with E-state index in [0.717, 1.165) is 0 Å². The van der Waals surface area contributed by atoms with Gasteiger partial charge in [0.05, 0.1) is 6.07 Å². The molecule has 5 nitrogen and oxygen atoms in total. The van der Waals surface area contributed by atoms with Crippen molar-refractivity contribution < 1.29 is 9.59 Å². The fraction of sp³-hybridized carbons (Fsp3) is 0.769. The quantitative estimate of drug-likeness (QED) is 0.741. The fourth-order valence-corrected chi connectivity index (χ4v) is 2.09. The topological polar surface area (TPSA) is 73.2 Å². The van der Waals surface area contributed by atoms with E-state index in [-0.39, 0.29) is 29.7 Å². The van der Waals surface area contributed by atoms with Crippen LogP contribution in [0.3, 0.4) is 0 Å². The number of likely N-dealkylation sites (tertiary alicyclic amines) is 1. The molecule has 0 saturated carbocycles. The van der Waals surface area contributed by atoms with Crippen molar-refractivity contribution in [2.45, 2.75) is 33.6 Å². The van der Waals surface area contributed by atoms with Gasteiger partial charge >= 0.3 is 0 Å². The van der Waals surface area contributed by atoms with Crippen LogP contribution >= 0.6 is 0 Å². The lowest BCUT2D eigenvalue weighted by Crippen LogP contribution is -2.46. The Morgan fingerprint density at radius 3 is 2.33 bits per heavy atom. The zero-order chi connectivity index (χ0) is 13.8. The lowest BCUT2D eigenvalue weighted by molar-refractivity contribution is -0.142. The van der Waals surface area contributed by atoms with Crippen LogP contribution in [0.25, 0.3) is 0 Å². The Kier molecular flexibility index (Phi) is 4.71. The van der Waals surface area contributed by atoms with Crippen molar-refractivity contribution in [2.24, 2.45) is 11.3 Å². The zero-order valence-electron chi connectivity index (χ0n) is 11.3. The number of amides is 2. The SMILES string of the molecule is CC(C)(C)C(=O)N1CCC(C(=O)NCC#N)CC1. The van der Waals surface area contributed by atoms with Gasteiger partial charge in [-0.25, -0.2) is 0 Å². The second kappa shape index (κ2) is 5.85. The van der Waals surface area contributed by atoms with Gasteiger partial charge in [-0.2, -0.15) is 5.26 Å². The van der Waals surface area contributed by atoms with Gasteiger partial charge in [-0.15, -0.1) is 0 Å². The molecule has 5 heteroatoms. The Balaban J connectivity index is 2.44. The van der Waals surface area contributed by atoms with Crippen LogP contribution in [0.2, 0.25) is 0 Å². The van der Waals surface area contributed by atoms with Crippen LogP contribution in [0.15, 0.2) is 0 Å². The van der Waals surface area contributed by atoms with Crippen LogP contribution < -0.4 is 5.32 Å². The number of nitrogens with zero attached hydrogens (tertiary/aromatic N) is 2. The molecule has 18 heavy (non-hydrogen) atoms. The van der Waals surface area contributed by atoms with Crippen LogP contribution in [-0.4, -0.2) is 36.3 Å². The maximum atomic E-state index is 12.1. The van der Waals surface area contributed by atoms with Crippen molar-refractivity contribution in [3.63, 3.8) is 0 Å². The highest BCUT2D eigenvalue weighted by Gasteiger charge is 2.32. The van der Waals surface area contributed by atoms with Crippen molar-refractivity contribution in [1.29, 1.82) is 5.26 Å². The number of carbonyl (C=O) groups excluding carboxylic acids is 2. The third-order valence-corrected chi connectivity index (χ3v) is 3.14. The zero-order valence-corrected chi connectivity index (χ0v) is 11.3. The first-order chi connectivity index (χ1) is 8.36. The summed E-state index contributed by atoms with van der Waals surface area (Å²) in [6.07, 6.45) is 1.36. The number of rotatable bonds is 2. The molecule has 0 aliphatic carbocycles. The molecule has 0 bridgehead atoms. The van der Waals surface area contributed by atoms with E-state index < -0.39 is 0 Å². The number of piperidine rings is 1. The van der Waals surface area contributed by atoms with Crippen molar-refractivity contribution in [2.75, 3.05) is 19.6 Å². The molecule has 1 aliphatic rings. The first kappa shape index (κ1) is 14.5. The lowest BCUT2D eigenvalue weighted by atomic mass is 9.91. The Morgan fingerprint density at radius 1 is 1.33 bits per heavy atom. The molecule has 100 valence electrons. The molecule has 0 radical (unpaired) electrons. The highest BCUT2D eigenvalue weighted by atomic mass is 16.2. The van der Waals surface area contributed by atoms with Crippen LogP contribution in [-0.2, 0) is 9.59 Å². The van der Waals surface area contributed by atoms with Gasteiger partial charge in [-0.3, -0.25) is 9.59 Å². The number of carbonyl (C=O) groups is 2. The van der Waals surface area contributed by atoms with Crippen LogP contribution in [0, 0.1) is 22.7 Å². The van der Waals surface area contributed by atoms with Crippen molar-refractivity contribution in [3.05, 3.63) is 0 Å². The fourth-order valence-electron chi connectivity index (χ4n) is 2.09. The van der Waals surface area contributed by atoms with Gasteiger partial charge in [0, 0.05) is 24.4 Å². The highest BCUT2D eigenvalue weighted by molar-refractivity contribution is 5.82. The monoisotopic (exact) mass is 251 g/mol. The Morgan fingerprint density at radius 2 is 1.89 bits per heavy atom. The average Bonchev–Trinajstić information content (AvgIpc) is 2.34. The van der Waals surface area contributed by atoms with E-state index in [9.17, 15) is 9.59 Å². The van der Waals surface area contributed by atoms with Gasteiger partial charge in [-0.05, 0) is 12.8 Å². The third-order valence-electron chi connectivity index (χ3n) is 3.14. The molecule has 0 aromatic heterocycles. The van der Waals surface area contributed by atoms with Gasteiger partial charge in [0.1, 0.15) is 6.54 Å². The standard InChI is InChI=1S/C13H21N3O2/c1-13(2,3)12(18)16-8-4-10(5-9-16)11(17)15-7-6-14/h10H,4-5,7-9H2,1-3H3,(H,15,17). The average molecular weight is 251 g/mol. The minimum Gasteiger partial charge on any atom is -0.343 e. The maximum Gasteiger partial charge on any atom is 0.227 e. The second-order valence-electron chi connectivity index (χ2n) is 5.69. The normalized spacial score (nSPS) is 17.1. The number of hydrogen-bond donors (Lipinski definition) is 1. The number of nitriles is 1. The summed E-state index contributed by atoms with van der Waals surface area (Å²) in [5.74, 6) is 0.000147. The van der Waals surface area contributed by atoms with Gasteiger partial charge in [0.2, 0.25) is 11.8 Å². The van der Waals surface area contributed by atoms with E-state index in [4.69, 9.17) is 5.26 Å². The Bertz CT molecular complexity index is 357. The molecule has 0 atom stereocenters. The summed E-state index contributed by atoms with van der Waals surface area (Å²) < 4.78 is 0. The lowest BCUT2D eigenvalue weighted by Gasteiger charge is -2.35. The van der Waals surface area contributed by atoms with E-state index >= 15 is 0 Å². The minimum absolute atomic E-state index is 0.0555. The predicted octanol–water partition coefficient (Wildman–Crippen LogP) is 0.911. The molecule has 1 fully saturated rings. The molecule has 2 amide bonds. The van der Waals surface area contributed by atoms with Crippen molar-refractivity contribution >= 4 is 11.8 Å². The van der Waals surface area contributed by atoms with Crippen LogP contribution in [0.1, 0.15) is 33.6 Å². The smallest absolute Gasteiger partial charge is 0.227 e. The van der Waals surface area contributed by atoms with E-state index in [1.54, 1.807) is 0 Å². The number of nitrogens with one attached hydrogen (secondary N) is 1. The largest absolute Gasteiger partial charge is 0.343 e. The summed E-state index contributed by atoms with van der Waals surface area (Å²) in [5, 5.41) is 11.0. The molecule has 1 N–H and O–H groups in total. The Hall–Kier alpha value is -1.57. The molecule has 1 saturated heterocycles. The molecular formula is C13H21N3O2. The molecule has 1 rings (SSSR count). The van der Waals surface area contributed by atoms with E-state index in [1.165, 1.54) is 0 Å². The highest BCUT2D eigenvalue weighted by Crippen LogP contribution is 2.23. The Labute approximate surface area is 108 Å². The van der Waals surface area contributed by atoms with E-state index in [1.807, 2.05) is 31.7 Å². The molecule has 1 heterocycles. The molecule has 0 spiro atoms. The molecule has 0 aromatic rings. The van der Waals surface area contributed by atoms with Gasteiger partial charge in [0.15, 0.2) is 0 Å². The minimum atomic E-state index is -0.365. The molecule has 0 unspecified atom stereocenters. The predicted molar refractivity (Wildman–Crippen MR) is 67.4 cm³/mol. The first-order valence-corrected chi connectivity index (χ1v) is 6.30. The second-order valence-corrected chi connectivity index (χ2v) is 5.69. The summed E-state index contributed by atoms with van der Waals surface area (Å²) in [5.41, 5.74) is -0.365. The maximum absolute atomic E-state index is 12.1.